The third kappa shape index (κ3) is 6.77. The van der Waals surface area contributed by atoms with E-state index in [0.29, 0.717) is 11.3 Å². The number of benzene rings is 2. The maximum atomic E-state index is 12.3. The summed E-state index contributed by atoms with van der Waals surface area (Å²) in [5.74, 6) is -0.0683. The summed E-state index contributed by atoms with van der Waals surface area (Å²) in [6.07, 6.45) is 3.09. The minimum atomic E-state index is -0.444. The molecule has 1 heterocycles. The van der Waals surface area contributed by atoms with Gasteiger partial charge in [0.25, 0.3) is 0 Å². The third-order valence-electron chi connectivity index (χ3n) is 5.29. The number of esters is 1. The predicted molar refractivity (Wildman–Crippen MR) is 134 cm³/mol. The molecule has 2 aromatic rings. The molecule has 0 bridgehead atoms. The SMILES string of the molecule is COC(=O)c1ccc(N2CCN(C)CC2)c(NC(=S)NC(=O)/C=C/c2ccc(OC)cc2)c1. The Bertz CT molecular complexity index is 1030. The van der Waals surface area contributed by atoms with Crippen molar-refractivity contribution in [2.24, 2.45) is 0 Å². The summed E-state index contributed by atoms with van der Waals surface area (Å²) in [5, 5.41) is 5.85. The zero-order chi connectivity index (χ0) is 23.8. The Hall–Kier alpha value is -3.43. The number of methoxy groups -OCH3 is 2. The number of likely N-dealkylation sites (N-methyl/N-ethyl adjacent to an activating group) is 1. The molecule has 9 heteroatoms. The zero-order valence-corrected chi connectivity index (χ0v) is 19.8. The fourth-order valence-corrected chi connectivity index (χ4v) is 3.61. The van der Waals surface area contributed by atoms with Gasteiger partial charge in [0.15, 0.2) is 5.11 Å². The molecule has 2 N–H and O–H groups in total. The van der Waals surface area contributed by atoms with Crippen molar-refractivity contribution in [1.29, 1.82) is 0 Å². The highest BCUT2D eigenvalue weighted by atomic mass is 32.1. The number of amides is 1. The second-order valence-electron chi connectivity index (χ2n) is 7.56. The van der Waals surface area contributed by atoms with Gasteiger partial charge in [0.05, 0.1) is 31.2 Å². The van der Waals surface area contributed by atoms with E-state index < -0.39 is 5.97 Å². The first-order chi connectivity index (χ1) is 15.9. The van der Waals surface area contributed by atoms with Gasteiger partial charge in [-0.25, -0.2) is 4.79 Å². The maximum absolute atomic E-state index is 12.3. The number of anilines is 2. The van der Waals surface area contributed by atoms with Crippen LogP contribution in [0.15, 0.2) is 48.5 Å². The highest BCUT2D eigenvalue weighted by Gasteiger charge is 2.19. The van der Waals surface area contributed by atoms with Crippen molar-refractivity contribution in [2.75, 3.05) is 57.7 Å². The summed E-state index contributed by atoms with van der Waals surface area (Å²) < 4.78 is 9.97. The van der Waals surface area contributed by atoms with E-state index in [4.69, 9.17) is 21.7 Å². The summed E-state index contributed by atoms with van der Waals surface area (Å²) in [6, 6.07) is 12.6. The van der Waals surface area contributed by atoms with Gasteiger partial charge >= 0.3 is 5.97 Å². The fraction of sp³-hybridized carbons (Fsp3) is 0.292. The molecule has 1 aliphatic heterocycles. The van der Waals surface area contributed by atoms with Crippen LogP contribution in [0.2, 0.25) is 0 Å². The smallest absolute Gasteiger partial charge is 0.337 e. The first kappa shape index (κ1) is 24.2. The summed E-state index contributed by atoms with van der Waals surface area (Å²) in [5.41, 5.74) is 2.78. The van der Waals surface area contributed by atoms with Crippen LogP contribution in [0.5, 0.6) is 5.75 Å². The standard InChI is InChI=1S/C24H28N4O4S/c1-27-12-14-28(15-13-27)21-10-7-18(23(30)32-3)16-20(21)25-24(33)26-22(29)11-6-17-4-8-19(31-2)9-5-17/h4-11,16H,12-15H2,1-3H3,(H2,25,26,29,33)/b11-6+. The normalized spacial score (nSPS) is 14.1. The molecule has 0 unspecified atom stereocenters. The first-order valence-electron chi connectivity index (χ1n) is 10.5. The lowest BCUT2D eigenvalue weighted by atomic mass is 10.1. The monoisotopic (exact) mass is 468 g/mol. The molecule has 33 heavy (non-hydrogen) atoms. The van der Waals surface area contributed by atoms with Crippen molar-refractivity contribution in [3.8, 4) is 5.75 Å². The molecule has 1 amide bonds. The third-order valence-corrected chi connectivity index (χ3v) is 5.49. The van der Waals surface area contributed by atoms with Crippen LogP contribution >= 0.6 is 12.2 Å². The first-order valence-corrected chi connectivity index (χ1v) is 10.9. The van der Waals surface area contributed by atoms with Crippen molar-refractivity contribution >= 4 is 46.7 Å². The van der Waals surface area contributed by atoms with E-state index in [1.54, 1.807) is 25.3 Å². The van der Waals surface area contributed by atoms with Crippen LogP contribution in [0, 0.1) is 0 Å². The van der Waals surface area contributed by atoms with Gasteiger partial charge in [-0.05, 0) is 61.2 Å². The summed E-state index contributed by atoms with van der Waals surface area (Å²) >= 11 is 5.36. The molecule has 0 radical (unpaired) electrons. The molecule has 0 saturated carbocycles. The number of thiocarbonyl (C=S) groups is 1. The summed E-state index contributed by atoms with van der Waals surface area (Å²) in [4.78, 5) is 28.9. The molecule has 174 valence electrons. The Balaban J connectivity index is 1.70. The van der Waals surface area contributed by atoms with Crippen molar-refractivity contribution in [2.45, 2.75) is 0 Å². The van der Waals surface area contributed by atoms with Crippen LogP contribution in [0.1, 0.15) is 15.9 Å². The van der Waals surface area contributed by atoms with Crippen LogP contribution in [0.25, 0.3) is 6.08 Å². The number of piperazine rings is 1. The van der Waals surface area contributed by atoms with Gasteiger partial charge in [-0.3, -0.25) is 10.1 Å². The molecule has 0 aromatic heterocycles. The second-order valence-corrected chi connectivity index (χ2v) is 7.97. The Kier molecular flexibility index (Phi) is 8.39. The van der Waals surface area contributed by atoms with E-state index in [1.807, 2.05) is 30.3 Å². The predicted octanol–water partition coefficient (Wildman–Crippen LogP) is 2.76. The second kappa shape index (κ2) is 11.4. The van der Waals surface area contributed by atoms with Crippen molar-refractivity contribution < 1.29 is 19.1 Å². The molecule has 8 nitrogen and oxygen atoms in total. The van der Waals surface area contributed by atoms with Gasteiger partial charge in [-0.2, -0.15) is 0 Å². The van der Waals surface area contributed by atoms with E-state index in [-0.39, 0.29) is 11.0 Å². The van der Waals surface area contributed by atoms with Crippen LogP contribution < -0.4 is 20.3 Å². The highest BCUT2D eigenvalue weighted by Crippen LogP contribution is 2.28. The van der Waals surface area contributed by atoms with E-state index in [1.165, 1.54) is 13.2 Å². The minimum absolute atomic E-state index is 0.136. The van der Waals surface area contributed by atoms with Crippen LogP contribution in [-0.4, -0.2) is 69.3 Å². The van der Waals surface area contributed by atoms with Gasteiger partial charge < -0.3 is 24.6 Å². The average molecular weight is 469 g/mol. The maximum Gasteiger partial charge on any atom is 0.337 e. The molecule has 0 atom stereocenters. The molecule has 1 aliphatic rings. The van der Waals surface area contributed by atoms with Crippen LogP contribution in [0.4, 0.5) is 11.4 Å². The molecular formula is C24H28N4O4S. The summed E-state index contributed by atoms with van der Waals surface area (Å²) in [7, 11) is 5.02. The average Bonchev–Trinajstić information content (AvgIpc) is 2.83. The lowest BCUT2D eigenvalue weighted by molar-refractivity contribution is -0.115. The molecular weight excluding hydrogens is 440 g/mol. The van der Waals surface area contributed by atoms with E-state index >= 15 is 0 Å². The molecule has 3 rings (SSSR count). The lowest BCUT2D eigenvalue weighted by Gasteiger charge is -2.35. The Morgan fingerprint density at radius 1 is 1.03 bits per heavy atom. The topological polar surface area (TPSA) is 83.1 Å². The number of rotatable bonds is 6. The van der Waals surface area contributed by atoms with Crippen molar-refractivity contribution in [3.63, 3.8) is 0 Å². The molecule has 2 aromatic carbocycles. The molecule has 0 spiro atoms. The van der Waals surface area contributed by atoms with E-state index in [9.17, 15) is 9.59 Å². The molecule has 1 fully saturated rings. The number of nitrogens with one attached hydrogen (secondary N) is 2. The summed E-state index contributed by atoms with van der Waals surface area (Å²) in [6.45, 7) is 3.53. The van der Waals surface area contributed by atoms with Crippen molar-refractivity contribution in [1.82, 2.24) is 10.2 Å². The van der Waals surface area contributed by atoms with Gasteiger partial charge in [0, 0.05) is 32.3 Å². The quantitative estimate of drug-likeness (QED) is 0.381. The van der Waals surface area contributed by atoms with Crippen LogP contribution in [0.3, 0.4) is 0 Å². The number of hydrogen-bond donors (Lipinski definition) is 2. The number of carbonyl (C=O) groups excluding carboxylic acids is 2. The zero-order valence-electron chi connectivity index (χ0n) is 19.0. The molecule has 1 saturated heterocycles. The number of nitrogens with zero attached hydrogens (tertiary/aromatic N) is 2. The minimum Gasteiger partial charge on any atom is -0.497 e. The fourth-order valence-electron chi connectivity index (χ4n) is 3.40. The van der Waals surface area contributed by atoms with Crippen LogP contribution in [-0.2, 0) is 9.53 Å². The lowest BCUT2D eigenvalue weighted by Crippen LogP contribution is -2.45. The number of hydrogen-bond acceptors (Lipinski definition) is 7. The number of carbonyl (C=O) groups is 2. The Labute approximate surface area is 199 Å². The number of ether oxygens (including phenoxy) is 2. The van der Waals surface area contributed by atoms with Gasteiger partial charge in [0.1, 0.15) is 5.75 Å². The largest absolute Gasteiger partial charge is 0.497 e. The Morgan fingerprint density at radius 2 is 1.73 bits per heavy atom. The Morgan fingerprint density at radius 3 is 2.36 bits per heavy atom. The van der Waals surface area contributed by atoms with Gasteiger partial charge in [-0.1, -0.05) is 12.1 Å². The van der Waals surface area contributed by atoms with Gasteiger partial charge in [0.2, 0.25) is 5.91 Å². The van der Waals surface area contributed by atoms with Crippen molar-refractivity contribution in [3.05, 3.63) is 59.7 Å². The molecule has 0 aliphatic carbocycles. The van der Waals surface area contributed by atoms with E-state index in [0.717, 1.165) is 43.2 Å². The van der Waals surface area contributed by atoms with Gasteiger partial charge in [-0.15, -0.1) is 0 Å². The highest BCUT2D eigenvalue weighted by molar-refractivity contribution is 7.80. The van der Waals surface area contributed by atoms with E-state index in [2.05, 4.69) is 27.5 Å².